The van der Waals surface area contributed by atoms with Crippen LogP contribution in [-0.2, 0) is 6.42 Å². The molecular formula is C13H20FNO. The summed E-state index contributed by atoms with van der Waals surface area (Å²) in [5.41, 5.74) is 1.03. The topological polar surface area (TPSA) is 21.3 Å². The molecule has 1 aromatic carbocycles. The molecule has 1 atom stereocenters. The minimum atomic E-state index is -0.278. The highest BCUT2D eigenvalue weighted by atomic mass is 19.1. The summed E-state index contributed by atoms with van der Waals surface area (Å²) in [5, 5.41) is 3.16. The Kier molecular flexibility index (Phi) is 5.26. The number of ether oxygens (including phenoxy) is 1. The van der Waals surface area contributed by atoms with Gasteiger partial charge in [0.15, 0.2) is 11.6 Å². The Morgan fingerprint density at radius 3 is 2.69 bits per heavy atom. The van der Waals surface area contributed by atoms with E-state index in [-0.39, 0.29) is 5.82 Å². The Balaban J connectivity index is 2.69. The third-order valence-corrected chi connectivity index (χ3v) is 2.81. The van der Waals surface area contributed by atoms with Gasteiger partial charge in [-0.2, -0.15) is 0 Å². The van der Waals surface area contributed by atoms with E-state index in [0.717, 1.165) is 24.9 Å². The SMILES string of the molecule is CCC(CNC)Cc1ccc(OC)c(F)c1. The lowest BCUT2D eigenvalue weighted by atomic mass is 9.97. The summed E-state index contributed by atoms with van der Waals surface area (Å²) < 4.78 is 18.3. The molecule has 1 aromatic rings. The second-order valence-corrected chi connectivity index (χ2v) is 4.00. The largest absolute Gasteiger partial charge is 0.494 e. The molecule has 1 rings (SSSR count). The lowest BCUT2D eigenvalue weighted by molar-refractivity contribution is 0.385. The molecule has 0 aliphatic carbocycles. The normalized spacial score (nSPS) is 12.5. The monoisotopic (exact) mass is 225 g/mol. The van der Waals surface area contributed by atoms with Gasteiger partial charge in [-0.25, -0.2) is 4.39 Å². The van der Waals surface area contributed by atoms with E-state index in [1.165, 1.54) is 7.11 Å². The molecular weight excluding hydrogens is 205 g/mol. The summed E-state index contributed by atoms with van der Waals surface area (Å²) in [6, 6.07) is 5.19. The van der Waals surface area contributed by atoms with E-state index in [0.29, 0.717) is 11.7 Å². The van der Waals surface area contributed by atoms with Gasteiger partial charge in [-0.3, -0.25) is 0 Å². The molecule has 0 saturated heterocycles. The zero-order valence-corrected chi connectivity index (χ0v) is 10.2. The molecule has 1 unspecified atom stereocenters. The number of hydrogen-bond donors (Lipinski definition) is 1. The molecule has 0 aromatic heterocycles. The maximum atomic E-state index is 13.5. The second kappa shape index (κ2) is 6.48. The molecule has 1 N–H and O–H groups in total. The van der Waals surface area contributed by atoms with Crippen molar-refractivity contribution in [3.63, 3.8) is 0 Å². The first-order chi connectivity index (χ1) is 7.71. The molecule has 3 heteroatoms. The molecule has 0 aliphatic heterocycles. The van der Waals surface area contributed by atoms with Crippen molar-refractivity contribution in [2.24, 2.45) is 5.92 Å². The molecule has 16 heavy (non-hydrogen) atoms. The van der Waals surface area contributed by atoms with Gasteiger partial charge < -0.3 is 10.1 Å². The molecule has 90 valence electrons. The Hall–Kier alpha value is -1.09. The zero-order chi connectivity index (χ0) is 12.0. The second-order valence-electron chi connectivity index (χ2n) is 4.00. The number of methoxy groups -OCH3 is 1. The quantitative estimate of drug-likeness (QED) is 0.803. The van der Waals surface area contributed by atoms with Crippen molar-refractivity contribution in [1.82, 2.24) is 5.32 Å². The number of rotatable bonds is 6. The van der Waals surface area contributed by atoms with Crippen molar-refractivity contribution in [3.8, 4) is 5.75 Å². The Labute approximate surface area is 96.8 Å². The Morgan fingerprint density at radius 1 is 1.44 bits per heavy atom. The van der Waals surface area contributed by atoms with Crippen molar-refractivity contribution in [2.75, 3.05) is 20.7 Å². The van der Waals surface area contributed by atoms with Gasteiger partial charge in [0.25, 0.3) is 0 Å². The number of halogens is 1. The van der Waals surface area contributed by atoms with Crippen molar-refractivity contribution >= 4 is 0 Å². The standard InChI is InChI=1S/C13H20FNO/c1-4-10(9-15-2)7-11-5-6-13(16-3)12(14)8-11/h5-6,8,10,15H,4,7,9H2,1-3H3. The van der Waals surface area contributed by atoms with E-state index in [1.807, 2.05) is 13.1 Å². The van der Waals surface area contributed by atoms with E-state index in [2.05, 4.69) is 12.2 Å². The lowest BCUT2D eigenvalue weighted by Crippen LogP contribution is -2.20. The summed E-state index contributed by atoms with van der Waals surface area (Å²) in [7, 11) is 3.42. The average Bonchev–Trinajstić information content (AvgIpc) is 2.28. The van der Waals surface area contributed by atoms with Gasteiger partial charge in [0.05, 0.1) is 7.11 Å². The van der Waals surface area contributed by atoms with Crippen molar-refractivity contribution in [2.45, 2.75) is 19.8 Å². The fourth-order valence-electron chi connectivity index (χ4n) is 1.82. The highest BCUT2D eigenvalue weighted by Gasteiger charge is 2.09. The average molecular weight is 225 g/mol. The summed E-state index contributed by atoms with van der Waals surface area (Å²) >= 11 is 0. The van der Waals surface area contributed by atoms with E-state index in [9.17, 15) is 4.39 Å². The number of hydrogen-bond acceptors (Lipinski definition) is 2. The van der Waals surface area contributed by atoms with Gasteiger partial charge in [-0.05, 0) is 43.6 Å². The number of benzene rings is 1. The van der Waals surface area contributed by atoms with Crippen LogP contribution in [0, 0.1) is 11.7 Å². The van der Waals surface area contributed by atoms with Gasteiger partial charge in [0, 0.05) is 0 Å². The van der Waals surface area contributed by atoms with Crippen LogP contribution in [0.3, 0.4) is 0 Å². The molecule has 0 fully saturated rings. The molecule has 0 bridgehead atoms. The van der Waals surface area contributed by atoms with E-state index >= 15 is 0 Å². The molecule has 0 saturated carbocycles. The fraction of sp³-hybridized carbons (Fsp3) is 0.538. The summed E-state index contributed by atoms with van der Waals surface area (Å²) in [6.45, 7) is 3.12. The van der Waals surface area contributed by atoms with Crippen LogP contribution in [0.1, 0.15) is 18.9 Å². The predicted molar refractivity (Wildman–Crippen MR) is 64.4 cm³/mol. The highest BCUT2D eigenvalue weighted by Crippen LogP contribution is 2.20. The minimum Gasteiger partial charge on any atom is -0.494 e. The minimum absolute atomic E-state index is 0.278. The third kappa shape index (κ3) is 3.49. The van der Waals surface area contributed by atoms with Crippen LogP contribution in [0.5, 0.6) is 5.75 Å². The maximum absolute atomic E-state index is 13.5. The van der Waals surface area contributed by atoms with Crippen LogP contribution in [0.25, 0.3) is 0 Å². The first-order valence-electron chi connectivity index (χ1n) is 5.68. The van der Waals surface area contributed by atoms with Crippen LogP contribution in [-0.4, -0.2) is 20.7 Å². The molecule has 0 heterocycles. The van der Waals surface area contributed by atoms with E-state index in [1.54, 1.807) is 12.1 Å². The summed E-state index contributed by atoms with van der Waals surface area (Å²) in [5.74, 6) is 0.586. The summed E-state index contributed by atoms with van der Waals surface area (Å²) in [4.78, 5) is 0. The van der Waals surface area contributed by atoms with Crippen LogP contribution < -0.4 is 10.1 Å². The van der Waals surface area contributed by atoms with Crippen LogP contribution in [0.2, 0.25) is 0 Å². The third-order valence-electron chi connectivity index (χ3n) is 2.81. The molecule has 0 aliphatic rings. The predicted octanol–water partition coefficient (Wildman–Crippen LogP) is 2.62. The smallest absolute Gasteiger partial charge is 0.165 e. The molecule has 0 radical (unpaired) electrons. The highest BCUT2D eigenvalue weighted by molar-refractivity contribution is 5.29. The number of nitrogens with one attached hydrogen (secondary N) is 1. The molecule has 2 nitrogen and oxygen atoms in total. The Bertz CT molecular complexity index is 328. The zero-order valence-electron chi connectivity index (χ0n) is 10.2. The Morgan fingerprint density at radius 2 is 2.19 bits per heavy atom. The van der Waals surface area contributed by atoms with Gasteiger partial charge >= 0.3 is 0 Å². The van der Waals surface area contributed by atoms with Crippen molar-refractivity contribution in [1.29, 1.82) is 0 Å². The van der Waals surface area contributed by atoms with Gasteiger partial charge in [0.2, 0.25) is 0 Å². The fourth-order valence-corrected chi connectivity index (χ4v) is 1.82. The van der Waals surface area contributed by atoms with Crippen LogP contribution in [0.4, 0.5) is 4.39 Å². The van der Waals surface area contributed by atoms with Crippen molar-refractivity contribution in [3.05, 3.63) is 29.6 Å². The van der Waals surface area contributed by atoms with Gasteiger partial charge in [-0.15, -0.1) is 0 Å². The van der Waals surface area contributed by atoms with Gasteiger partial charge in [-0.1, -0.05) is 19.4 Å². The van der Waals surface area contributed by atoms with Crippen LogP contribution >= 0.6 is 0 Å². The first-order valence-corrected chi connectivity index (χ1v) is 5.68. The molecule has 0 amide bonds. The van der Waals surface area contributed by atoms with Crippen molar-refractivity contribution < 1.29 is 9.13 Å². The van der Waals surface area contributed by atoms with E-state index in [4.69, 9.17) is 4.74 Å². The lowest BCUT2D eigenvalue weighted by Gasteiger charge is -2.14. The molecule has 0 spiro atoms. The van der Waals surface area contributed by atoms with Crippen LogP contribution in [0.15, 0.2) is 18.2 Å². The maximum Gasteiger partial charge on any atom is 0.165 e. The first kappa shape index (κ1) is 13.0. The van der Waals surface area contributed by atoms with Gasteiger partial charge in [0.1, 0.15) is 0 Å². The summed E-state index contributed by atoms with van der Waals surface area (Å²) in [6.07, 6.45) is 1.99. The van der Waals surface area contributed by atoms with E-state index < -0.39 is 0 Å².